The molecule has 0 amide bonds. The van der Waals surface area contributed by atoms with Gasteiger partial charge in [-0.3, -0.25) is 4.79 Å². The van der Waals surface area contributed by atoms with Gasteiger partial charge in [0.25, 0.3) is 0 Å². The van der Waals surface area contributed by atoms with Crippen molar-refractivity contribution in [3.63, 3.8) is 0 Å². The number of carbonyl (C=O) groups is 1. The topological polar surface area (TPSA) is 52.3 Å². The predicted molar refractivity (Wildman–Crippen MR) is 50.1 cm³/mol. The third-order valence-electron chi connectivity index (χ3n) is 1.80. The number of esters is 1. The van der Waals surface area contributed by atoms with Crippen LogP contribution >= 0.6 is 0 Å². The number of nitrogens with two attached hydrogens (primary N) is 1. The summed E-state index contributed by atoms with van der Waals surface area (Å²) in [5, 5.41) is 0. The van der Waals surface area contributed by atoms with Crippen LogP contribution in [0.2, 0.25) is 0 Å². The summed E-state index contributed by atoms with van der Waals surface area (Å²) in [5.41, 5.74) is 7.43. The van der Waals surface area contributed by atoms with E-state index in [-0.39, 0.29) is 5.97 Å². The molecule has 1 aromatic rings. The van der Waals surface area contributed by atoms with Gasteiger partial charge in [0.05, 0.1) is 13.5 Å². The summed E-state index contributed by atoms with van der Waals surface area (Å²) >= 11 is 0. The molecule has 2 N–H and O–H groups in total. The second-order valence-corrected chi connectivity index (χ2v) is 2.78. The molecule has 0 saturated carbocycles. The zero-order valence-corrected chi connectivity index (χ0v) is 7.62. The molecule has 3 heteroatoms. The molecule has 0 radical (unpaired) electrons. The van der Waals surface area contributed by atoms with Crippen molar-refractivity contribution in [2.45, 2.75) is 13.0 Å². The molecule has 0 saturated heterocycles. The standard InChI is InChI=1S/C10H13NO2/c1-13-10(12)6-8-3-2-4-9(5-8)7-11/h2-5H,6-7,11H2,1H3. The molecule has 0 heterocycles. The second kappa shape index (κ2) is 4.62. The Kier molecular flexibility index (Phi) is 3.46. The van der Waals surface area contributed by atoms with Crippen molar-refractivity contribution in [1.82, 2.24) is 0 Å². The molecule has 0 unspecified atom stereocenters. The summed E-state index contributed by atoms with van der Waals surface area (Å²) in [4.78, 5) is 10.9. The number of benzene rings is 1. The van der Waals surface area contributed by atoms with E-state index < -0.39 is 0 Å². The lowest BCUT2D eigenvalue weighted by atomic mass is 10.1. The minimum Gasteiger partial charge on any atom is -0.469 e. The first-order chi connectivity index (χ1) is 6.26. The van der Waals surface area contributed by atoms with Crippen LogP contribution in [-0.2, 0) is 22.5 Å². The number of ether oxygens (including phenoxy) is 1. The zero-order valence-electron chi connectivity index (χ0n) is 7.62. The molecular formula is C10H13NO2. The van der Waals surface area contributed by atoms with Crippen LogP contribution in [0.1, 0.15) is 11.1 Å². The third kappa shape index (κ3) is 2.87. The lowest BCUT2D eigenvalue weighted by Gasteiger charge is -2.01. The predicted octanol–water partition coefficient (Wildman–Crippen LogP) is 0.861. The van der Waals surface area contributed by atoms with Gasteiger partial charge in [-0.2, -0.15) is 0 Å². The van der Waals surface area contributed by atoms with Crippen molar-refractivity contribution in [3.05, 3.63) is 35.4 Å². The first-order valence-corrected chi connectivity index (χ1v) is 4.11. The van der Waals surface area contributed by atoms with Gasteiger partial charge in [0.1, 0.15) is 0 Å². The van der Waals surface area contributed by atoms with Gasteiger partial charge in [-0.25, -0.2) is 0 Å². The molecule has 1 rings (SSSR count). The van der Waals surface area contributed by atoms with Crippen LogP contribution in [0.15, 0.2) is 24.3 Å². The number of hydrogen-bond acceptors (Lipinski definition) is 3. The second-order valence-electron chi connectivity index (χ2n) is 2.78. The maximum atomic E-state index is 10.9. The summed E-state index contributed by atoms with van der Waals surface area (Å²) in [5.74, 6) is -0.228. The van der Waals surface area contributed by atoms with E-state index in [0.29, 0.717) is 13.0 Å². The Morgan fingerprint density at radius 3 is 2.77 bits per heavy atom. The van der Waals surface area contributed by atoms with Crippen molar-refractivity contribution < 1.29 is 9.53 Å². The van der Waals surface area contributed by atoms with Crippen LogP contribution in [0.3, 0.4) is 0 Å². The quantitative estimate of drug-likeness (QED) is 0.700. The van der Waals surface area contributed by atoms with E-state index in [1.54, 1.807) is 0 Å². The summed E-state index contributed by atoms with van der Waals surface area (Å²) in [6, 6.07) is 7.62. The van der Waals surface area contributed by atoms with Crippen LogP contribution in [-0.4, -0.2) is 13.1 Å². The highest BCUT2D eigenvalue weighted by atomic mass is 16.5. The summed E-state index contributed by atoms with van der Waals surface area (Å²) < 4.78 is 4.56. The Hall–Kier alpha value is -1.35. The minimum absolute atomic E-state index is 0.228. The van der Waals surface area contributed by atoms with Gasteiger partial charge in [-0.1, -0.05) is 24.3 Å². The van der Waals surface area contributed by atoms with Crippen LogP contribution in [0.25, 0.3) is 0 Å². The molecule has 13 heavy (non-hydrogen) atoms. The highest BCUT2D eigenvalue weighted by molar-refractivity contribution is 5.72. The number of methoxy groups -OCH3 is 1. The van der Waals surface area contributed by atoms with Crippen LogP contribution in [0.4, 0.5) is 0 Å². The summed E-state index contributed by atoms with van der Waals surface area (Å²) in [6.07, 6.45) is 0.310. The van der Waals surface area contributed by atoms with E-state index in [9.17, 15) is 4.79 Å². The molecule has 0 fully saturated rings. The summed E-state index contributed by atoms with van der Waals surface area (Å²) in [6.45, 7) is 0.495. The minimum atomic E-state index is -0.228. The molecule has 3 nitrogen and oxygen atoms in total. The molecular weight excluding hydrogens is 166 g/mol. The fourth-order valence-corrected chi connectivity index (χ4v) is 1.11. The van der Waals surface area contributed by atoms with E-state index >= 15 is 0 Å². The average molecular weight is 179 g/mol. The molecule has 1 aromatic carbocycles. The normalized spacial score (nSPS) is 9.69. The lowest BCUT2D eigenvalue weighted by molar-refractivity contribution is -0.139. The lowest BCUT2D eigenvalue weighted by Crippen LogP contribution is -2.05. The third-order valence-corrected chi connectivity index (χ3v) is 1.80. The van der Waals surface area contributed by atoms with E-state index in [0.717, 1.165) is 11.1 Å². The van der Waals surface area contributed by atoms with Gasteiger partial charge >= 0.3 is 5.97 Å². The van der Waals surface area contributed by atoms with E-state index in [2.05, 4.69) is 4.74 Å². The van der Waals surface area contributed by atoms with Crippen molar-refractivity contribution in [1.29, 1.82) is 0 Å². The zero-order chi connectivity index (χ0) is 9.68. The van der Waals surface area contributed by atoms with Crippen molar-refractivity contribution in [2.24, 2.45) is 5.73 Å². The maximum absolute atomic E-state index is 10.9. The highest BCUT2D eigenvalue weighted by Crippen LogP contribution is 2.05. The molecule has 0 aromatic heterocycles. The molecule has 0 atom stereocenters. The van der Waals surface area contributed by atoms with Gasteiger partial charge in [-0.15, -0.1) is 0 Å². The number of carbonyl (C=O) groups excluding carboxylic acids is 1. The Bertz CT molecular complexity index is 297. The highest BCUT2D eigenvalue weighted by Gasteiger charge is 2.02. The monoisotopic (exact) mass is 179 g/mol. The molecule has 0 aliphatic rings. The van der Waals surface area contributed by atoms with Crippen molar-refractivity contribution >= 4 is 5.97 Å². The van der Waals surface area contributed by atoms with E-state index in [4.69, 9.17) is 5.73 Å². The molecule has 0 spiro atoms. The number of hydrogen-bond donors (Lipinski definition) is 1. The Labute approximate surface area is 77.5 Å². The fraction of sp³-hybridized carbons (Fsp3) is 0.300. The fourth-order valence-electron chi connectivity index (χ4n) is 1.11. The Balaban J connectivity index is 2.71. The van der Waals surface area contributed by atoms with Crippen LogP contribution in [0.5, 0.6) is 0 Å². The maximum Gasteiger partial charge on any atom is 0.309 e. The molecule has 0 bridgehead atoms. The van der Waals surface area contributed by atoms with Crippen molar-refractivity contribution in [3.8, 4) is 0 Å². The molecule has 0 aliphatic carbocycles. The van der Waals surface area contributed by atoms with Gasteiger partial charge in [0, 0.05) is 6.54 Å². The first kappa shape index (κ1) is 9.74. The van der Waals surface area contributed by atoms with E-state index in [1.807, 2.05) is 24.3 Å². The van der Waals surface area contributed by atoms with Crippen LogP contribution in [0, 0.1) is 0 Å². The van der Waals surface area contributed by atoms with Crippen molar-refractivity contribution in [2.75, 3.05) is 7.11 Å². The molecule has 0 aliphatic heterocycles. The van der Waals surface area contributed by atoms with Gasteiger partial charge < -0.3 is 10.5 Å². The van der Waals surface area contributed by atoms with Gasteiger partial charge in [0.15, 0.2) is 0 Å². The Morgan fingerprint density at radius 2 is 2.15 bits per heavy atom. The van der Waals surface area contributed by atoms with Gasteiger partial charge in [-0.05, 0) is 11.1 Å². The largest absolute Gasteiger partial charge is 0.469 e. The van der Waals surface area contributed by atoms with Gasteiger partial charge in [0.2, 0.25) is 0 Å². The smallest absolute Gasteiger partial charge is 0.309 e. The number of rotatable bonds is 3. The van der Waals surface area contributed by atoms with Crippen LogP contribution < -0.4 is 5.73 Å². The summed E-state index contributed by atoms with van der Waals surface area (Å²) in [7, 11) is 1.38. The SMILES string of the molecule is COC(=O)Cc1cccc(CN)c1. The average Bonchev–Trinajstić information content (AvgIpc) is 2.18. The Morgan fingerprint density at radius 1 is 1.46 bits per heavy atom. The first-order valence-electron chi connectivity index (χ1n) is 4.11. The van der Waals surface area contributed by atoms with E-state index in [1.165, 1.54) is 7.11 Å². The molecule has 70 valence electrons.